The summed E-state index contributed by atoms with van der Waals surface area (Å²) in [4.78, 5) is 0. The van der Waals surface area contributed by atoms with Crippen molar-refractivity contribution in [1.82, 2.24) is 0 Å². The van der Waals surface area contributed by atoms with Gasteiger partial charge >= 0.3 is 57.4 Å². The van der Waals surface area contributed by atoms with Crippen LogP contribution in [0.4, 0.5) is 0 Å². The average Bonchev–Trinajstić information content (AvgIpc) is 2.38. The fraction of sp³-hybridized carbons (Fsp3) is 1.00. The molecule has 0 saturated carbocycles. The summed E-state index contributed by atoms with van der Waals surface area (Å²) in [5, 5.41) is 0. The van der Waals surface area contributed by atoms with Gasteiger partial charge < -0.3 is 0 Å². The average molecular weight is 456 g/mol. The Bertz CT molecular complexity index is 254. The first-order chi connectivity index (χ1) is 10.2. The Morgan fingerprint density at radius 1 is 0.727 bits per heavy atom. The van der Waals surface area contributed by atoms with Crippen molar-refractivity contribution >= 4 is 45.0 Å². The Kier molecular flexibility index (Phi) is 19.6. The van der Waals surface area contributed by atoms with Crippen LogP contribution in [0.2, 0.25) is 0 Å². The van der Waals surface area contributed by atoms with Crippen molar-refractivity contribution in [2.75, 3.05) is 19.8 Å². The Hall–Kier alpha value is 1.98. The van der Waals surface area contributed by atoms with E-state index in [0.29, 0.717) is 19.8 Å². The quantitative estimate of drug-likeness (QED) is 0.176. The van der Waals surface area contributed by atoms with Crippen LogP contribution in [0.5, 0.6) is 0 Å². The van der Waals surface area contributed by atoms with Crippen LogP contribution in [0, 0.1) is 0 Å². The maximum absolute atomic E-state index is 12.2. The van der Waals surface area contributed by atoms with Crippen molar-refractivity contribution in [3.05, 3.63) is 0 Å². The Morgan fingerprint density at radius 2 is 0.955 bits per heavy atom. The topological polar surface area (TPSA) is 44.8 Å². The molecule has 0 saturated heterocycles. The zero-order valence-corrected chi connectivity index (χ0v) is 18.9. The summed E-state index contributed by atoms with van der Waals surface area (Å²) in [5.74, 6) is 0. The van der Waals surface area contributed by atoms with Crippen molar-refractivity contribution < 1.29 is 30.5 Å². The van der Waals surface area contributed by atoms with Gasteiger partial charge in [-0.05, 0) is 19.3 Å². The van der Waals surface area contributed by atoms with Crippen molar-refractivity contribution in [1.29, 1.82) is 0 Å². The van der Waals surface area contributed by atoms with Crippen molar-refractivity contribution in [2.24, 2.45) is 0 Å². The molecule has 0 aliphatic carbocycles. The number of unbranched alkanes of at least 4 members (excludes halogenated alkanes) is 3. The second kappa shape index (κ2) is 16.5. The van der Waals surface area contributed by atoms with Gasteiger partial charge in [0.25, 0.3) is 0 Å². The molecule has 0 heterocycles. The van der Waals surface area contributed by atoms with E-state index in [1.165, 1.54) is 0 Å². The fourth-order valence-corrected chi connectivity index (χ4v) is 2.36. The van der Waals surface area contributed by atoms with Crippen molar-refractivity contribution in [2.45, 2.75) is 59.3 Å². The molecule has 0 unspecified atom stereocenters. The molecule has 0 aromatic rings. The van der Waals surface area contributed by atoms with Gasteiger partial charge in [0, 0.05) is 0 Å². The van der Waals surface area contributed by atoms with E-state index in [9.17, 15) is 4.57 Å². The number of hydrogen-bond donors (Lipinski definition) is 0. The van der Waals surface area contributed by atoms with Crippen LogP contribution in [0.15, 0.2) is 0 Å². The first-order valence-electron chi connectivity index (χ1n) is 7.47. The third kappa shape index (κ3) is 24.2. The molecule has 0 amide bonds. The molecule has 0 spiro atoms. The maximum atomic E-state index is 12.2. The van der Waals surface area contributed by atoms with Crippen LogP contribution in [0.3, 0.4) is 0 Å². The molecule has 0 aliphatic rings. The summed E-state index contributed by atoms with van der Waals surface area (Å²) in [7, 11) is 16.7. The summed E-state index contributed by atoms with van der Waals surface area (Å²) >= 11 is -3.11. The van der Waals surface area contributed by atoms with E-state index in [-0.39, 0.29) is 0 Å². The van der Waals surface area contributed by atoms with Gasteiger partial charge in [-0.15, -0.1) is 0 Å². The van der Waals surface area contributed by atoms with Crippen LogP contribution < -0.4 is 0 Å². The van der Waals surface area contributed by atoms with Gasteiger partial charge in [0.1, 0.15) is 0 Å². The van der Waals surface area contributed by atoms with Crippen molar-refractivity contribution in [3.8, 4) is 0 Å². The normalized spacial score (nSPS) is 12.0. The molecule has 22 heavy (non-hydrogen) atoms. The molecular weight excluding hydrogens is 429 g/mol. The SMILES string of the molecule is CCCCOP(=O)(OCCCC)OCCCC.[Cl][Ti]([Cl])([Cl])[Cl]. The zero-order valence-electron chi connectivity index (χ0n) is 13.5. The van der Waals surface area contributed by atoms with Gasteiger partial charge in [-0.3, -0.25) is 13.6 Å². The molecule has 0 fully saturated rings. The third-order valence-electron chi connectivity index (χ3n) is 2.24. The second-order valence-corrected chi connectivity index (χ2v) is 21.6. The van der Waals surface area contributed by atoms with Gasteiger partial charge in [-0.2, -0.15) is 0 Å². The minimum atomic E-state index is -3.31. The first-order valence-corrected chi connectivity index (χ1v) is 17.5. The van der Waals surface area contributed by atoms with Gasteiger partial charge in [-0.25, -0.2) is 4.57 Å². The summed E-state index contributed by atoms with van der Waals surface area (Å²) < 4.78 is 28.0. The molecule has 4 nitrogen and oxygen atoms in total. The van der Waals surface area contributed by atoms with Crippen LogP contribution in [-0.2, 0) is 30.5 Å². The summed E-state index contributed by atoms with van der Waals surface area (Å²) in [6.45, 7) is 7.49. The molecule has 0 N–H and O–H groups in total. The molecule has 0 aromatic carbocycles. The standard InChI is InChI=1S/C12H27O4P.4ClH.Ti/c1-4-7-10-14-17(13,15-11-8-5-2)16-12-9-6-3;;;;;/h4-12H2,1-3H3;4*1H;/q;;;;;+4/p-4. The van der Waals surface area contributed by atoms with Gasteiger partial charge in [0.05, 0.1) is 19.8 Å². The molecular formula is C12H27Cl4O4PTi. The Morgan fingerprint density at radius 3 is 1.14 bits per heavy atom. The molecule has 0 radical (unpaired) electrons. The van der Waals surface area contributed by atoms with E-state index < -0.39 is 20.2 Å². The van der Waals surface area contributed by atoms with Crippen LogP contribution >= 0.6 is 45.0 Å². The van der Waals surface area contributed by atoms with Gasteiger partial charge in [0.15, 0.2) is 0 Å². The molecule has 0 rings (SSSR count). The molecule has 0 atom stereocenters. The van der Waals surface area contributed by atoms with E-state index in [2.05, 4.69) is 20.8 Å². The predicted octanol–water partition coefficient (Wildman–Crippen LogP) is 7.30. The summed E-state index contributed by atoms with van der Waals surface area (Å²) in [6.07, 6.45) is 5.63. The van der Waals surface area contributed by atoms with Gasteiger partial charge in [-0.1, -0.05) is 40.0 Å². The molecule has 10 heteroatoms. The number of hydrogen-bond acceptors (Lipinski definition) is 4. The molecule has 0 aliphatic heterocycles. The van der Waals surface area contributed by atoms with E-state index in [1.807, 2.05) is 0 Å². The molecule has 0 aromatic heterocycles. The number of phosphoric acid groups is 1. The Labute approximate surface area is 153 Å². The summed E-state index contributed by atoms with van der Waals surface area (Å²) in [6, 6.07) is 0. The Balaban J connectivity index is 0. The zero-order chi connectivity index (χ0) is 17.5. The molecule has 136 valence electrons. The summed E-state index contributed by atoms with van der Waals surface area (Å²) in [5.41, 5.74) is 0. The van der Waals surface area contributed by atoms with Gasteiger partial charge in [0.2, 0.25) is 0 Å². The first kappa shape index (κ1) is 26.2. The van der Waals surface area contributed by atoms with Crippen LogP contribution in [0.1, 0.15) is 59.3 Å². The number of halogens is 4. The van der Waals surface area contributed by atoms with Crippen LogP contribution in [-0.4, -0.2) is 19.8 Å². The van der Waals surface area contributed by atoms with E-state index >= 15 is 0 Å². The van der Waals surface area contributed by atoms with Crippen molar-refractivity contribution in [3.63, 3.8) is 0 Å². The monoisotopic (exact) mass is 454 g/mol. The van der Waals surface area contributed by atoms with E-state index in [1.54, 1.807) is 0 Å². The number of rotatable bonds is 12. The predicted molar refractivity (Wildman–Crippen MR) is 93.6 cm³/mol. The molecule has 0 bridgehead atoms. The fourth-order valence-electron chi connectivity index (χ4n) is 1.07. The third-order valence-corrected chi connectivity index (χ3v) is 3.74. The van der Waals surface area contributed by atoms with E-state index in [4.69, 9.17) is 50.8 Å². The second-order valence-electron chi connectivity index (χ2n) is 4.44. The van der Waals surface area contributed by atoms with E-state index in [0.717, 1.165) is 38.5 Å². The van der Waals surface area contributed by atoms with Crippen LogP contribution in [0.25, 0.3) is 0 Å². The number of phosphoric ester groups is 1. The minimum absolute atomic E-state index is 0.437.